The number of allylic oxidation sites excluding steroid dienone is 1. The third kappa shape index (κ3) is 47.7. The smallest absolute Gasteiger partial charge is 0.305 e. The van der Waals surface area contributed by atoms with Crippen molar-refractivity contribution in [3.8, 4) is 0 Å². The number of nitrogens with one attached hydrogen (secondary N) is 1. The monoisotopic (exact) mass is 1140 g/mol. The van der Waals surface area contributed by atoms with Crippen LogP contribution >= 0.6 is 0 Å². The van der Waals surface area contributed by atoms with Crippen LogP contribution < -0.4 is 5.32 Å². The minimum absolute atomic E-state index is 0.0110. The van der Waals surface area contributed by atoms with Crippen molar-refractivity contribution in [3.05, 3.63) is 12.2 Å². The van der Waals surface area contributed by atoms with Gasteiger partial charge in [0.05, 0.1) is 32.0 Å². The summed E-state index contributed by atoms with van der Waals surface area (Å²) in [5.41, 5.74) is 0. The summed E-state index contributed by atoms with van der Waals surface area (Å²) in [4.78, 5) is 25.1. The lowest BCUT2D eigenvalue weighted by Crippen LogP contribution is -2.60. The fraction of sp³-hybridized carbons (Fsp3) is 0.942. The molecule has 0 aliphatic carbocycles. The Hall–Kier alpha value is -1.60. The van der Waals surface area contributed by atoms with E-state index < -0.39 is 49.5 Å². The summed E-state index contributed by atoms with van der Waals surface area (Å²) in [6.07, 6.45) is 62.1. The van der Waals surface area contributed by atoms with Crippen LogP contribution in [-0.2, 0) is 23.8 Å². The van der Waals surface area contributed by atoms with Crippen molar-refractivity contribution in [1.29, 1.82) is 0 Å². The lowest BCUT2D eigenvalue weighted by molar-refractivity contribution is -0.302. The first-order valence-corrected chi connectivity index (χ1v) is 35.0. The van der Waals surface area contributed by atoms with Gasteiger partial charge < -0.3 is 45.1 Å². The van der Waals surface area contributed by atoms with Gasteiger partial charge in [-0.2, -0.15) is 0 Å². The van der Waals surface area contributed by atoms with Crippen molar-refractivity contribution in [2.45, 2.75) is 397 Å². The van der Waals surface area contributed by atoms with E-state index in [1.165, 1.54) is 276 Å². The first-order valence-electron chi connectivity index (χ1n) is 35.0. The highest BCUT2D eigenvalue weighted by Crippen LogP contribution is 2.23. The summed E-state index contributed by atoms with van der Waals surface area (Å²) >= 11 is 0. The van der Waals surface area contributed by atoms with Crippen LogP contribution in [0, 0.1) is 0 Å². The first kappa shape index (κ1) is 76.4. The van der Waals surface area contributed by atoms with Crippen molar-refractivity contribution in [2.24, 2.45) is 0 Å². The highest BCUT2D eigenvalue weighted by Gasteiger charge is 2.44. The molecule has 6 N–H and O–H groups in total. The van der Waals surface area contributed by atoms with E-state index in [1.807, 2.05) is 6.08 Å². The van der Waals surface area contributed by atoms with Gasteiger partial charge in [0.1, 0.15) is 24.4 Å². The summed E-state index contributed by atoms with van der Waals surface area (Å²) in [7, 11) is 0. The maximum absolute atomic E-state index is 13.0. The number of aliphatic hydroxyl groups is 5. The largest absolute Gasteiger partial charge is 0.466 e. The normalized spacial score (nSPS) is 18.3. The van der Waals surface area contributed by atoms with E-state index in [9.17, 15) is 35.1 Å². The number of esters is 1. The molecule has 7 atom stereocenters. The van der Waals surface area contributed by atoms with Crippen LogP contribution in [0.5, 0.6) is 0 Å². The molecule has 1 heterocycles. The van der Waals surface area contributed by atoms with E-state index in [0.717, 1.165) is 51.4 Å². The van der Waals surface area contributed by atoms with Gasteiger partial charge >= 0.3 is 5.97 Å². The molecule has 80 heavy (non-hydrogen) atoms. The number of rotatable bonds is 62. The lowest BCUT2D eigenvalue weighted by Gasteiger charge is -2.40. The van der Waals surface area contributed by atoms with Crippen LogP contribution in [0.2, 0.25) is 0 Å². The molecule has 0 aromatic carbocycles. The van der Waals surface area contributed by atoms with Gasteiger partial charge in [0.2, 0.25) is 5.91 Å². The second kappa shape index (κ2) is 59.1. The molecule has 1 saturated heterocycles. The topological polar surface area (TPSA) is 175 Å². The molecule has 0 bridgehead atoms. The average Bonchev–Trinajstić information content (AvgIpc) is 3.45. The third-order valence-electron chi connectivity index (χ3n) is 16.9. The molecule has 11 nitrogen and oxygen atoms in total. The maximum atomic E-state index is 13.0. The van der Waals surface area contributed by atoms with Gasteiger partial charge in [0.15, 0.2) is 6.29 Å². The molecule has 1 fully saturated rings. The Kier molecular flexibility index (Phi) is 56.5. The fourth-order valence-corrected chi connectivity index (χ4v) is 11.4. The van der Waals surface area contributed by atoms with Gasteiger partial charge in [0, 0.05) is 12.8 Å². The zero-order valence-corrected chi connectivity index (χ0v) is 52.6. The van der Waals surface area contributed by atoms with Crippen LogP contribution in [0.3, 0.4) is 0 Å². The van der Waals surface area contributed by atoms with Crippen molar-refractivity contribution in [3.63, 3.8) is 0 Å². The molecule has 11 heteroatoms. The fourth-order valence-electron chi connectivity index (χ4n) is 11.4. The first-order chi connectivity index (χ1) is 39.2. The summed E-state index contributed by atoms with van der Waals surface area (Å²) < 4.78 is 16.7. The second-order valence-corrected chi connectivity index (χ2v) is 24.6. The third-order valence-corrected chi connectivity index (χ3v) is 16.9. The number of carbonyl (C=O) groups excluding carboxylic acids is 2. The van der Waals surface area contributed by atoms with Crippen LogP contribution in [0.25, 0.3) is 0 Å². The number of aliphatic hydroxyl groups excluding tert-OH is 5. The van der Waals surface area contributed by atoms with Crippen molar-refractivity contribution in [2.75, 3.05) is 19.8 Å². The van der Waals surface area contributed by atoms with Gasteiger partial charge in [-0.15, -0.1) is 0 Å². The van der Waals surface area contributed by atoms with E-state index in [4.69, 9.17) is 14.2 Å². The minimum atomic E-state index is -1.57. The Bertz CT molecular complexity index is 1330. The zero-order chi connectivity index (χ0) is 58.0. The van der Waals surface area contributed by atoms with Gasteiger partial charge in [-0.25, -0.2) is 0 Å². The predicted octanol–water partition coefficient (Wildman–Crippen LogP) is 17.5. The van der Waals surface area contributed by atoms with E-state index in [-0.39, 0.29) is 18.5 Å². The minimum Gasteiger partial charge on any atom is -0.466 e. The van der Waals surface area contributed by atoms with E-state index in [2.05, 4.69) is 19.2 Å². The van der Waals surface area contributed by atoms with Crippen molar-refractivity contribution in [1.82, 2.24) is 5.32 Å². The molecular weight excluding hydrogens is 1000 g/mol. The Morgan fingerprint density at radius 2 is 0.787 bits per heavy atom. The Labute approximate surface area is 493 Å². The lowest BCUT2D eigenvalue weighted by atomic mass is 9.99. The molecule has 1 amide bonds. The summed E-state index contributed by atoms with van der Waals surface area (Å²) in [6, 6.07) is -0.806. The zero-order valence-electron chi connectivity index (χ0n) is 52.6. The molecule has 0 spiro atoms. The molecule has 474 valence electrons. The Balaban J connectivity index is 1.91. The van der Waals surface area contributed by atoms with Crippen LogP contribution in [0.4, 0.5) is 0 Å². The second-order valence-electron chi connectivity index (χ2n) is 24.6. The standard InChI is InChI=1S/C69H133NO10/c1-3-5-7-9-11-13-14-15-16-17-28-31-34-37-41-45-49-53-57-65(74)78-58-54-50-46-42-38-35-32-29-26-24-22-20-18-19-21-23-25-27-30-33-36-40-44-48-52-56-64(73)70-61(62(72)55-51-47-43-39-12-10-8-6-4-2)60-79-69-68(77)67(76)66(75)63(59-71)80-69/h51,55,61-63,66-69,71-72,75-77H,3-50,52-54,56-60H2,1-2H3,(H,70,73)/b55-51+. The SMILES string of the molecule is CCCCCCCCC/C=C/C(O)C(COC1OC(CO)C(O)C(O)C1O)NC(=O)CCCCCCCCCCCCCCCCCCCCCCCCCCCOC(=O)CCCCCCCCCCCCCCCCCCCC. The molecule has 0 aromatic rings. The van der Waals surface area contributed by atoms with E-state index >= 15 is 0 Å². The summed E-state index contributed by atoms with van der Waals surface area (Å²) in [6.45, 7) is 4.36. The quantitative estimate of drug-likeness (QED) is 0.0195. The Morgan fingerprint density at radius 3 is 1.16 bits per heavy atom. The molecule has 7 unspecified atom stereocenters. The van der Waals surface area contributed by atoms with Crippen LogP contribution in [-0.4, -0.2) is 100 Å². The van der Waals surface area contributed by atoms with Gasteiger partial charge in [0.25, 0.3) is 0 Å². The highest BCUT2D eigenvalue weighted by atomic mass is 16.7. The van der Waals surface area contributed by atoms with E-state index in [1.54, 1.807) is 6.08 Å². The van der Waals surface area contributed by atoms with Crippen LogP contribution in [0.1, 0.15) is 354 Å². The number of hydrogen-bond acceptors (Lipinski definition) is 10. The molecule has 1 aliphatic rings. The van der Waals surface area contributed by atoms with Gasteiger partial charge in [-0.05, 0) is 32.1 Å². The summed E-state index contributed by atoms with van der Waals surface area (Å²) in [5.74, 6) is -0.169. The van der Waals surface area contributed by atoms with Gasteiger partial charge in [-0.1, -0.05) is 321 Å². The molecule has 1 rings (SSSR count). The predicted molar refractivity (Wildman–Crippen MR) is 334 cm³/mol. The van der Waals surface area contributed by atoms with Crippen molar-refractivity contribution >= 4 is 11.9 Å². The van der Waals surface area contributed by atoms with Crippen molar-refractivity contribution < 1.29 is 49.3 Å². The Morgan fingerprint density at radius 1 is 0.450 bits per heavy atom. The highest BCUT2D eigenvalue weighted by molar-refractivity contribution is 5.76. The molecule has 0 aromatic heterocycles. The number of ether oxygens (including phenoxy) is 3. The summed E-state index contributed by atoms with van der Waals surface area (Å²) in [5, 5.41) is 54.3. The molecule has 1 aliphatic heterocycles. The average molecular weight is 1140 g/mol. The van der Waals surface area contributed by atoms with Crippen LogP contribution in [0.15, 0.2) is 12.2 Å². The molecule has 0 radical (unpaired) electrons. The number of amides is 1. The number of hydrogen-bond donors (Lipinski definition) is 6. The molecular formula is C69H133NO10. The van der Waals surface area contributed by atoms with Gasteiger partial charge in [-0.3, -0.25) is 9.59 Å². The van der Waals surface area contributed by atoms with E-state index in [0.29, 0.717) is 19.4 Å². The maximum Gasteiger partial charge on any atom is 0.305 e. The number of unbranched alkanes of at least 4 members (excludes halogenated alkanes) is 48. The molecule has 0 saturated carbocycles. The number of carbonyl (C=O) groups is 2.